The summed E-state index contributed by atoms with van der Waals surface area (Å²) >= 11 is 0. The number of benzene rings is 1. The van der Waals surface area contributed by atoms with Crippen LogP contribution in [-0.4, -0.2) is 32.7 Å². The largest absolute Gasteiger partial charge is 0.497 e. The molecule has 124 valence electrons. The first-order valence-electron chi connectivity index (χ1n) is 7.92. The Hall–Kier alpha value is -1.71. The molecule has 0 aliphatic heterocycles. The number of nitrogens with zero attached hydrogens (tertiary/aromatic N) is 1. The molecular weight excluding hydrogens is 274 g/mol. The minimum Gasteiger partial charge on any atom is -0.497 e. The standard InChI is InChI=1S/C18H31N3O/c1-13(2)14(3)21-17(19-6)20-12-18(4,5)15-9-8-10-16(11-15)22-7/h8-11,13-14H,12H2,1-7H3,(H2,19,20,21). The number of rotatable bonds is 6. The molecule has 0 spiro atoms. The predicted octanol–water partition coefficient (Wildman–Crippen LogP) is 3.18. The molecule has 0 heterocycles. The molecule has 0 saturated heterocycles. The van der Waals surface area contributed by atoms with Gasteiger partial charge in [0.25, 0.3) is 0 Å². The number of hydrogen-bond acceptors (Lipinski definition) is 2. The fourth-order valence-electron chi connectivity index (χ4n) is 2.03. The van der Waals surface area contributed by atoms with E-state index < -0.39 is 0 Å². The van der Waals surface area contributed by atoms with Crippen LogP contribution in [0.1, 0.15) is 40.2 Å². The zero-order valence-corrected chi connectivity index (χ0v) is 15.0. The van der Waals surface area contributed by atoms with Crippen molar-refractivity contribution in [2.24, 2.45) is 10.9 Å². The molecular formula is C18H31N3O. The van der Waals surface area contributed by atoms with Crippen LogP contribution in [-0.2, 0) is 5.41 Å². The number of aliphatic imine (C=N–C) groups is 1. The van der Waals surface area contributed by atoms with Crippen LogP contribution in [0.5, 0.6) is 5.75 Å². The zero-order valence-electron chi connectivity index (χ0n) is 15.0. The van der Waals surface area contributed by atoms with Gasteiger partial charge in [0, 0.05) is 25.0 Å². The van der Waals surface area contributed by atoms with E-state index >= 15 is 0 Å². The summed E-state index contributed by atoms with van der Waals surface area (Å²) in [4.78, 5) is 4.31. The normalized spacial score (nSPS) is 13.9. The van der Waals surface area contributed by atoms with Gasteiger partial charge in [0.15, 0.2) is 5.96 Å². The molecule has 0 aromatic heterocycles. The molecule has 4 heteroatoms. The highest BCUT2D eigenvalue weighted by atomic mass is 16.5. The average Bonchev–Trinajstić information content (AvgIpc) is 2.51. The molecule has 0 saturated carbocycles. The van der Waals surface area contributed by atoms with Gasteiger partial charge in [-0.05, 0) is 30.5 Å². The van der Waals surface area contributed by atoms with Gasteiger partial charge in [-0.15, -0.1) is 0 Å². The topological polar surface area (TPSA) is 45.7 Å². The first kappa shape index (κ1) is 18.3. The summed E-state index contributed by atoms with van der Waals surface area (Å²) in [6.45, 7) is 11.8. The van der Waals surface area contributed by atoms with E-state index in [-0.39, 0.29) is 5.41 Å². The molecule has 0 radical (unpaired) electrons. The third-order valence-corrected chi connectivity index (χ3v) is 4.14. The van der Waals surface area contributed by atoms with Crippen molar-refractivity contribution in [2.45, 2.75) is 46.1 Å². The second-order valence-electron chi connectivity index (χ2n) is 6.72. The number of nitrogens with one attached hydrogen (secondary N) is 2. The molecule has 0 bridgehead atoms. The maximum Gasteiger partial charge on any atom is 0.191 e. The van der Waals surface area contributed by atoms with Crippen molar-refractivity contribution in [1.29, 1.82) is 0 Å². The molecule has 22 heavy (non-hydrogen) atoms. The van der Waals surface area contributed by atoms with Crippen molar-refractivity contribution >= 4 is 5.96 Å². The lowest BCUT2D eigenvalue weighted by Crippen LogP contribution is -2.47. The maximum absolute atomic E-state index is 5.32. The van der Waals surface area contributed by atoms with Gasteiger partial charge in [0.1, 0.15) is 5.75 Å². The highest BCUT2D eigenvalue weighted by molar-refractivity contribution is 5.80. The summed E-state index contributed by atoms with van der Waals surface area (Å²) in [5, 5.41) is 6.86. The quantitative estimate of drug-likeness (QED) is 0.627. The van der Waals surface area contributed by atoms with Crippen molar-refractivity contribution in [2.75, 3.05) is 20.7 Å². The molecule has 4 nitrogen and oxygen atoms in total. The lowest BCUT2D eigenvalue weighted by Gasteiger charge is -2.28. The van der Waals surface area contributed by atoms with Crippen molar-refractivity contribution in [1.82, 2.24) is 10.6 Å². The van der Waals surface area contributed by atoms with E-state index in [1.54, 1.807) is 14.2 Å². The minimum absolute atomic E-state index is 0.0206. The molecule has 1 unspecified atom stereocenters. The molecule has 0 aliphatic rings. The number of methoxy groups -OCH3 is 1. The summed E-state index contributed by atoms with van der Waals surface area (Å²) in [5.41, 5.74) is 1.22. The summed E-state index contributed by atoms with van der Waals surface area (Å²) < 4.78 is 5.32. The molecule has 1 aromatic rings. The monoisotopic (exact) mass is 305 g/mol. The summed E-state index contributed by atoms with van der Waals surface area (Å²) in [7, 11) is 3.50. The first-order chi connectivity index (χ1) is 10.3. The molecule has 0 aliphatic carbocycles. The molecule has 0 fully saturated rings. The Morgan fingerprint density at radius 2 is 1.95 bits per heavy atom. The van der Waals surface area contributed by atoms with Crippen LogP contribution in [0.4, 0.5) is 0 Å². The number of hydrogen-bond donors (Lipinski definition) is 2. The van der Waals surface area contributed by atoms with Gasteiger partial charge in [-0.3, -0.25) is 4.99 Å². The lowest BCUT2D eigenvalue weighted by molar-refractivity contribution is 0.411. The van der Waals surface area contributed by atoms with Gasteiger partial charge >= 0.3 is 0 Å². The number of guanidine groups is 1. The molecule has 1 rings (SSSR count). The van der Waals surface area contributed by atoms with Gasteiger partial charge in [0.2, 0.25) is 0 Å². The third-order valence-electron chi connectivity index (χ3n) is 4.14. The lowest BCUT2D eigenvalue weighted by atomic mass is 9.84. The van der Waals surface area contributed by atoms with E-state index in [1.165, 1.54) is 5.56 Å². The summed E-state index contributed by atoms with van der Waals surface area (Å²) in [6, 6.07) is 8.61. The Labute approximate surface area is 135 Å². The van der Waals surface area contributed by atoms with Crippen molar-refractivity contribution < 1.29 is 4.74 Å². The van der Waals surface area contributed by atoms with E-state index in [0.29, 0.717) is 12.0 Å². The molecule has 1 aromatic carbocycles. The fraction of sp³-hybridized carbons (Fsp3) is 0.611. The Bertz CT molecular complexity index is 495. The SMILES string of the molecule is CN=C(NCC(C)(C)c1cccc(OC)c1)NC(C)C(C)C. The van der Waals surface area contributed by atoms with Crippen LogP contribution in [0, 0.1) is 5.92 Å². The minimum atomic E-state index is -0.0206. The van der Waals surface area contributed by atoms with E-state index in [4.69, 9.17) is 4.74 Å². The van der Waals surface area contributed by atoms with E-state index in [1.807, 2.05) is 12.1 Å². The van der Waals surface area contributed by atoms with E-state index in [9.17, 15) is 0 Å². The second-order valence-corrected chi connectivity index (χ2v) is 6.72. The smallest absolute Gasteiger partial charge is 0.191 e. The van der Waals surface area contributed by atoms with Crippen molar-refractivity contribution in [3.05, 3.63) is 29.8 Å². The highest BCUT2D eigenvalue weighted by Crippen LogP contribution is 2.25. The maximum atomic E-state index is 5.32. The Kier molecular flexibility index (Phi) is 6.72. The average molecular weight is 305 g/mol. The van der Waals surface area contributed by atoms with Crippen LogP contribution in [0.3, 0.4) is 0 Å². The van der Waals surface area contributed by atoms with Crippen LogP contribution in [0.2, 0.25) is 0 Å². The van der Waals surface area contributed by atoms with Crippen LogP contribution >= 0.6 is 0 Å². The third kappa shape index (κ3) is 5.24. The van der Waals surface area contributed by atoms with Crippen LogP contribution < -0.4 is 15.4 Å². The zero-order chi connectivity index (χ0) is 16.8. The van der Waals surface area contributed by atoms with Gasteiger partial charge in [-0.1, -0.05) is 39.8 Å². The van der Waals surface area contributed by atoms with Gasteiger partial charge in [0.05, 0.1) is 7.11 Å². The fourth-order valence-corrected chi connectivity index (χ4v) is 2.03. The molecule has 1 atom stereocenters. The molecule has 2 N–H and O–H groups in total. The second kappa shape index (κ2) is 8.06. The van der Waals surface area contributed by atoms with Gasteiger partial charge in [-0.2, -0.15) is 0 Å². The number of ether oxygens (including phenoxy) is 1. The van der Waals surface area contributed by atoms with Crippen LogP contribution in [0.15, 0.2) is 29.3 Å². The van der Waals surface area contributed by atoms with Gasteiger partial charge in [-0.25, -0.2) is 0 Å². The van der Waals surface area contributed by atoms with Crippen molar-refractivity contribution in [3.63, 3.8) is 0 Å². The van der Waals surface area contributed by atoms with Crippen molar-refractivity contribution in [3.8, 4) is 5.75 Å². The first-order valence-corrected chi connectivity index (χ1v) is 7.92. The van der Waals surface area contributed by atoms with Crippen LogP contribution in [0.25, 0.3) is 0 Å². The highest BCUT2D eigenvalue weighted by Gasteiger charge is 2.22. The Morgan fingerprint density at radius 1 is 1.27 bits per heavy atom. The van der Waals surface area contributed by atoms with E-state index in [2.05, 4.69) is 62.4 Å². The molecule has 0 amide bonds. The Morgan fingerprint density at radius 3 is 2.50 bits per heavy atom. The summed E-state index contributed by atoms with van der Waals surface area (Å²) in [5.74, 6) is 2.30. The van der Waals surface area contributed by atoms with E-state index in [0.717, 1.165) is 18.3 Å². The Balaban J connectivity index is 2.71. The summed E-state index contributed by atoms with van der Waals surface area (Å²) in [6.07, 6.45) is 0. The predicted molar refractivity (Wildman–Crippen MR) is 94.8 cm³/mol. The van der Waals surface area contributed by atoms with Gasteiger partial charge < -0.3 is 15.4 Å².